The van der Waals surface area contributed by atoms with E-state index in [9.17, 15) is 9.18 Å². The third-order valence-corrected chi connectivity index (χ3v) is 3.85. The van der Waals surface area contributed by atoms with Gasteiger partial charge in [0.2, 0.25) is 0 Å². The molecule has 0 aromatic heterocycles. The molecule has 22 heavy (non-hydrogen) atoms. The highest BCUT2D eigenvalue weighted by Gasteiger charge is 2.10. The van der Waals surface area contributed by atoms with E-state index >= 15 is 0 Å². The molecule has 0 aliphatic heterocycles. The zero-order valence-electron chi connectivity index (χ0n) is 12.2. The summed E-state index contributed by atoms with van der Waals surface area (Å²) >= 11 is 3.15. The summed E-state index contributed by atoms with van der Waals surface area (Å²) in [5, 5.41) is 2.88. The molecule has 0 saturated carbocycles. The van der Waals surface area contributed by atoms with Gasteiger partial charge in [0.05, 0.1) is 11.1 Å². The Morgan fingerprint density at radius 3 is 2.77 bits per heavy atom. The fourth-order valence-corrected chi connectivity index (χ4v) is 2.56. The normalized spacial score (nSPS) is 10.5. The van der Waals surface area contributed by atoms with Gasteiger partial charge in [-0.25, -0.2) is 4.39 Å². The number of hydrogen-bond donors (Lipinski definition) is 1. The van der Waals surface area contributed by atoms with Gasteiger partial charge in [0, 0.05) is 19.2 Å². The van der Waals surface area contributed by atoms with Crippen molar-refractivity contribution in [2.24, 2.45) is 0 Å². The van der Waals surface area contributed by atoms with Crippen molar-refractivity contribution in [2.75, 3.05) is 13.7 Å². The van der Waals surface area contributed by atoms with Crippen molar-refractivity contribution in [3.05, 3.63) is 69.4 Å². The van der Waals surface area contributed by atoms with Crippen molar-refractivity contribution in [3.8, 4) is 0 Å². The number of hydrogen-bond acceptors (Lipinski definition) is 2. The second kappa shape index (κ2) is 8.06. The van der Waals surface area contributed by atoms with Crippen LogP contribution in [0.4, 0.5) is 4.39 Å². The zero-order valence-corrected chi connectivity index (χ0v) is 13.8. The molecule has 5 heteroatoms. The molecule has 1 amide bonds. The molecule has 116 valence electrons. The van der Waals surface area contributed by atoms with E-state index in [2.05, 4.69) is 21.2 Å². The first kappa shape index (κ1) is 16.6. The largest absolute Gasteiger partial charge is 0.380 e. The molecule has 0 fully saturated rings. The van der Waals surface area contributed by atoms with Crippen LogP contribution in [0, 0.1) is 5.82 Å². The molecule has 2 aromatic carbocycles. The summed E-state index contributed by atoms with van der Waals surface area (Å²) in [4.78, 5) is 12.2. The molecule has 0 heterocycles. The average molecular weight is 366 g/mol. The Labute approximate surface area is 137 Å². The van der Waals surface area contributed by atoms with Gasteiger partial charge in [0.25, 0.3) is 5.91 Å². The molecular formula is C17H17BrFNO2. The van der Waals surface area contributed by atoms with E-state index in [1.807, 2.05) is 18.2 Å². The maximum atomic E-state index is 13.2. The molecule has 0 aliphatic rings. The van der Waals surface area contributed by atoms with E-state index < -0.39 is 0 Å². The number of carbonyl (C=O) groups excluding carboxylic acids is 1. The van der Waals surface area contributed by atoms with Crippen LogP contribution in [0.5, 0.6) is 0 Å². The van der Waals surface area contributed by atoms with Gasteiger partial charge in [0.15, 0.2) is 0 Å². The first-order valence-corrected chi connectivity index (χ1v) is 7.70. The molecule has 2 aromatic rings. The maximum absolute atomic E-state index is 13.2. The molecule has 1 N–H and O–H groups in total. The quantitative estimate of drug-likeness (QED) is 0.847. The highest BCUT2D eigenvalue weighted by atomic mass is 79.9. The van der Waals surface area contributed by atoms with Crippen LogP contribution >= 0.6 is 15.9 Å². The molecule has 0 unspecified atom stereocenters. The van der Waals surface area contributed by atoms with Gasteiger partial charge in [-0.3, -0.25) is 4.79 Å². The lowest BCUT2D eigenvalue weighted by Crippen LogP contribution is -2.26. The number of methoxy groups -OCH3 is 1. The summed E-state index contributed by atoms with van der Waals surface area (Å²) in [6.07, 6.45) is 0.636. The van der Waals surface area contributed by atoms with E-state index in [4.69, 9.17) is 4.74 Å². The van der Waals surface area contributed by atoms with Crippen molar-refractivity contribution < 1.29 is 13.9 Å². The van der Waals surface area contributed by atoms with Crippen molar-refractivity contribution >= 4 is 21.8 Å². The van der Waals surface area contributed by atoms with Gasteiger partial charge < -0.3 is 10.1 Å². The van der Waals surface area contributed by atoms with E-state index in [1.165, 1.54) is 6.07 Å². The predicted octanol–water partition coefficient (Wildman–Crippen LogP) is 3.71. The van der Waals surface area contributed by atoms with Crippen LogP contribution in [0.1, 0.15) is 21.5 Å². The topological polar surface area (TPSA) is 38.3 Å². The number of nitrogens with one attached hydrogen (secondary N) is 1. The van der Waals surface area contributed by atoms with Crippen molar-refractivity contribution in [2.45, 2.75) is 13.0 Å². The van der Waals surface area contributed by atoms with Crippen LogP contribution < -0.4 is 5.32 Å². The fraction of sp³-hybridized carbons (Fsp3) is 0.235. The highest BCUT2D eigenvalue weighted by Crippen LogP contribution is 2.17. The maximum Gasteiger partial charge on any atom is 0.251 e. The SMILES string of the molecule is COCc1ccccc1C(=O)NCCc1ccc(F)c(Br)c1. The molecule has 0 atom stereocenters. The summed E-state index contributed by atoms with van der Waals surface area (Å²) in [7, 11) is 1.60. The molecule has 0 bridgehead atoms. The summed E-state index contributed by atoms with van der Waals surface area (Å²) < 4.78 is 18.7. The number of halogens is 2. The Hall–Kier alpha value is -1.72. The molecule has 0 saturated heterocycles. The first-order valence-electron chi connectivity index (χ1n) is 6.91. The molecule has 2 rings (SSSR count). The summed E-state index contributed by atoms with van der Waals surface area (Å²) in [6.45, 7) is 0.882. The number of benzene rings is 2. The summed E-state index contributed by atoms with van der Waals surface area (Å²) in [6, 6.07) is 12.2. The molecule has 0 spiro atoms. The Kier molecular flexibility index (Phi) is 6.10. The fourth-order valence-electron chi connectivity index (χ4n) is 2.13. The minimum absolute atomic E-state index is 0.131. The van der Waals surface area contributed by atoms with Crippen LogP contribution in [0.3, 0.4) is 0 Å². The standard InChI is InChI=1S/C17H17BrFNO2/c1-22-11-13-4-2-3-5-14(13)17(21)20-9-8-12-6-7-16(19)15(18)10-12/h2-7,10H,8-9,11H2,1H3,(H,20,21). The number of amides is 1. The van der Waals surface area contributed by atoms with Crippen LogP contribution in [0.25, 0.3) is 0 Å². The van der Waals surface area contributed by atoms with Crippen LogP contribution in [0.2, 0.25) is 0 Å². The number of rotatable bonds is 6. The summed E-state index contributed by atoms with van der Waals surface area (Å²) in [5.41, 5.74) is 2.43. The van der Waals surface area contributed by atoms with Gasteiger partial charge in [-0.1, -0.05) is 24.3 Å². The van der Waals surface area contributed by atoms with Crippen LogP contribution in [0.15, 0.2) is 46.9 Å². The molecule has 3 nitrogen and oxygen atoms in total. The smallest absolute Gasteiger partial charge is 0.251 e. The lowest BCUT2D eigenvalue weighted by atomic mass is 10.1. The molecule has 0 radical (unpaired) electrons. The Balaban J connectivity index is 1.94. The van der Waals surface area contributed by atoms with Gasteiger partial charge in [-0.2, -0.15) is 0 Å². The Morgan fingerprint density at radius 2 is 2.05 bits per heavy atom. The van der Waals surface area contributed by atoms with Crippen LogP contribution in [-0.2, 0) is 17.8 Å². The van der Waals surface area contributed by atoms with E-state index in [-0.39, 0.29) is 11.7 Å². The summed E-state index contributed by atoms with van der Waals surface area (Å²) in [5.74, 6) is -0.421. The second-order valence-corrected chi connectivity index (χ2v) is 5.70. The van der Waals surface area contributed by atoms with E-state index in [1.54, 1.807) is 25.3 Å². The zero-order chi connectivity index (χ0) is 15.9. The number of carbonyl (C=O) groups is 1. The predicted molar refractivity (Wildman–Crippen MR) is 87.3 cm³/mol. The van der Waals surface area contributed by atoms with Crippen LogP contribution in [-0.4, -0.2) is 19.6 Å². The second-order valence-electron chi connectivity index (χ2n) is 4.84. The van der Waals surface area contributed by atoms with E-state index in [0.29, 0.717) is 29.6 Å². The van der Waals surface area contributed by atoms with Crippen molar-refractivity contribution in [1.29, 1.82) is 0 Å². The third-order valence-electron chi connectivity index (χ3n) is 3.25. The highest BCUT2D eigenvalue weighted by molar-refractivity contribution is 9.10. The minimum atomic E-state index is -0.290. The van der Waals surface area contributed by atoms with Crippen molar-refractivity contribution in [3.63, 3.8) is 0 Å². The lowest BCUT2D eigenvalue weighted by Gasteiger charge is -2.10. The lowest BCUT2D eigenvalue weighted by molar-refractivity contribution is 0.0949. The average Bonchev–Trinajstić information content (AvgIpc) is 2.51. The van der Waals surface area contributed by atoms with Gasteiger partial charge >= 0.3 is 0 Å². The van der Waals surface area contributed by atoms with Crippen molar-refractivity contribution in [1.82, 2.24) is 5.32 Å². The van der Waals surface area contributed by atoms with E-state index in [0.717, 1.165) is 11.1 Å². The first-order chi connectivity index (χ1) is 10.6. The Morgan fingerprint density at radius 1 is 1.27 bits per heavy atom. The minimum Gasteiger partial charge on any atom is -0.380 e. The van der Waals surface area contributed by atoms with Gasteiger partial charge in [0.1, 0.15) is 5.82 Å². The van der Waals surface area contributed by atoms with Gasteiger partial charge in [-0.05, 0) is 51.7 Å². The number of ether oxygens (including phenoxy) is 1. The Bertz CT molecular complexity index is 661. The van der Waals surface area contributed by atoms with Gasteiger partial charge in [-0.15, -0.1) is 0 Å². The third kappa shape index (κ3) is 4.39. The molecular weight excluding hydrogens is 349 g/mol. The molecule has 0 aliphatic carbocycles. The monoisotopic (exact) mass is 365 g/mol.